The average Bonchev–Trinajstić information content (AvgIpc) is 2.97. The second-order valence-electron chi connectivity index (χ2n) is 6.09. The third-order valence-electron chi connectivity index (χ3n) is 4.60. The van der Waals surface area contributed by atoms with Crippen LogP contribution in [0, 0.1) is 11.6 Å². The van der Waals surface area contributed by atoms with Gasteiger partial charge in [0, 0.05) is 22.9 Å². The maximum Gasteiger partial charge on any atom is 0.196 e. The van der Waals surface area contributed by atoms with Gasteiger partial charge in [0.05, 0.1) is 22.3 Å². The first-order chi connectivity index (χ1) is 12.6. The third kappa shape index (κ3) is 1.94. The molecule has 5 rings (SSSR count). The molecule has 124 valence electrons. The summed E-state index contributed by atoms with van der Waals surface area (Å²) in [6, 6.07) is 14.3. The number of carbonyl (C=O) groups excluding carboxylic acids is 1. The molecule has 0 N–H and O–H groups in total. The highest BCUT2D eigenvalue weighted by molar-refractivity contribution is 6.27. The van der Waals surface area contributed by atoms with Crippen LogP contribution in [0.3, 0.4) is 0 Å². The van der Waals surface area contributed by atoms with Crippen molar-refractivity contribution in [1.29, 1.82) is 0 Å². The van der Waals surface area contributed by atoms with E-state index in [0.29, 0.717) is 39.0 Å². The van der Waals surface area contributed by atoms with Crippen molar-refractivity contribution in [3.8, 4) is 22.4 Å². The topological polar surface area (TPSA) is 42.9 Å². The molecule has 4 aromatic rings. The van der Waals surface area contributed by atoms with Crippen molar-refractivity contribution in [2.45, 2.75) is 0 Å². The van der Waals surface area contributed by atoms with Crippen LogP contribution in [0.1, 0.15) is 15.9 Å². The van der Waals surface area contributed by atoms with E-state index in [1.165, 1.54) is 6.07 Å². The average molecular weight is 344 g/mol. The standard InChI is InChI=1S/C21H10F2N2O/c22-14-8-7-11(10-15(14)23)19-18-17(20-16(25-19)6-3-9-24-20)12-4-1-2-5-13(12)21(18)26/h1-10H. The number of rotatable bonds is 1. The highest BCUT2D eigenvalue weighted by atomic mass is 19.2. The number of ketones is 1. The van der Waals surface area contributed by atoms with Crippen LogP contribution in [0.4, 0.5) is 8.78 Å². The number of hydrogen-bond acceptors (Lipinski definition) is 3. The van der Waals surface area contributed by atoms with E-state index >= 15 is 0 Å². The molecule has 26 heavy (non-hydrogen) atoms. The minimum atomic E-state index is -0.979. The van der Waals surface area contributed by atoms with Crippen molar-refractivity contribution in [1.82, 2.24) is 9.97 Å². The summed E-state index contributed by atoms with van der Waals surface area (Å²) in [6.45, 7) is 0. The first-order valence-electron chi connectivity index (χ1n) is 8.03. The lowest BCUT2D eigenvalue weighted by Gasteiger charge is -2.10. The zero-order valence-corrected chi connectivity index (χ0v) is 13.3. The van der Waals surface area contributed by atoms with E-state index in [9.17, 15) is 13.6 Å². The summed E-state index contributed by atoms with van der Waals surface area (Å²) in [7, 11) is 0. The third-order valence-corrected chi connectivity index (χ3v) is 4.60. The summed E-state index contributed by atoms with van der Waals surface area (Å²) < 4.78 is 27.2. The monoisotopic (exact) mass is 344 g/mol. The van der Waals surface area contributed by atoms with E-state index in [4.69, 9.17) is 0 Å². The first-order valence-corrected chi connectivity index (χ1v) is 8.03. The van der Waals surface area contributed by atoms with Crippen LogP contribution in [-0.4, -0.2) is 15.8 Å². The number of halogens is 2. The van der Waals surface area contributed by atoms with Gasteiger partial charge in [0.2, 0.25) is 0 Å². The molecule has 3 nitrogen and oxygen atoms in total. The van der Waals surface area contributed by atoms with E-state index in [1.807, 2.05) is 12.1 Å². The molecule has 0 saturated carbocycles. The zero-order chi connectivity index (χ0) is 17.8. The number of aromatic nitrogens is 2. The molecule has 2 heterocycles. The summed E-state index contributed by atoms with van der Waals surface area (Å²) in [4.78, 5) is 22.0. The quantitative estimate of drug-likeness (QED) is 0.439. The first kappa shape index (κ1) is 14.8. The molecular weight excluding hydrogens is 334 g/mol. The molecule has 0 bridgehead atoms. The normalized spacial score (nSPS) is 12.3. The summed E-state index contributed by atoms with van der Waals surface area (Å²) >= 11 is 0. The summed E-state index contributed by atoms with van der Waals surface area (Å²) in [6.07, 6.45) is 1.65. The predicted molar refractivity (Wildman–Crippen MR) is 93.8 cm³/mol. The Morgan fingerprint density at radius 3 is 2.42 bits per heavy atom. The number of hydrogen-bond donors (Lipinski definition) is 0. The van der Waals surface area contributed by atoms with Gasteiger partial charge in [-0.2, -0.15) is 0 Å². The van der Waals surface area contributed by atoms with E-state index in [2.05, 4.69) is 9.97 Å². The van der Waals surface area contributed by atoms with Gasteiger partial charge in [0.15, 0.2) is 17.4 Å². The Morgan fingerprint density at radius 1 is 0.808 bits per heavy atom. The molecule has 0 fully saturated rings. The van der Waals surface area contributed by atoms with Gasteiger partial charge in [-0.3, -0.25) is 9.78 Å². The largest absolute Gasteiger partial charge is 0.288 e. The Bertz CT molecular complexity index is 1230. The van der Waals surface area contributed by atoms with E-state index < -0.39 is 11.6 Å². The lowest BCUT2D eigenvalue weighted by molar-refractivity contribution is 0.104. The van der Waals surface area contributed by atoms with Crippen molar-refractivity contribution in [3.05, 3.63) is 83.6 Å². The Morgan fingerprint density at radius 2 is 1.62 bits per heavy atom. The molecule has 2 aromatic heterocycles. The fourth-order valence-electron chi connectivity index (χ4n) is 3.46. The van der Waals surface area contributed by atoms with Crippen LogP contribution < -0.4 is 0 Å². The molecule has 1 aliphatic rings. The van der Waals surface area contributed by atoms with Gasteiger partial charge in [-0.1, -0.05) is 24.3 Å². The van der Waals surface area contributed by atoms with Crippen LogP contribution in [0.25, 0.3) is 33.4 Å². The molecule has 0 atom stereocenters. The van der Waals surface area contributed by atoms with Gasteiger partial charge in [0.25, 0.3) is 0 Å². The van der Waals surface area contributed by atoms with Crippen molar-refractivity contribution >= 4 is 16.8 Å². The number of carbonyl (C=O) groups is 1. The smallest absolute Gasteiger partial charge is 0.196 e. The van der Waals surface area contributed by atoms with Gasteiger partial charge < -0.3 is 0 Å². The number of benzene rings is 2. The maximum atomic E-state index is 13.8. The Balaban J connectivity index is 1.93. The van der Waals surface area contributed by atoms with Gasteiger partial charge in [0.1, 0.15) is 0 Å². The molecule has 0 aliphatic heterocycles. The fraction of sp³-hybridized carbons (Fsp3) is 0. The Kier molecular flexibility index (Phi) is 3.00. The highest BCUT2D eigenvalue weighted by Crippen LogP contribution is 2.44. The van der Waals surface area contributed by atoms with Crippen LogP contribution in [0.15, 0.2) is 60.8 Å². The molecule has 2 aromatic carbocycles. The minimum Gasteiger partial charge on any atom is -0.288 e. The van der Waals surface area contributed by atoms with Crippen molar-refractivity contribution in [3.63, 3.8) is 0 Å². The summed E-state index contributed by atoms with van der Waals surface area (Å²) in [5, 5.41) is 0. The SMILES string of the molecule is O=C1c2ccccc2-c2c1c(-c1ccc(F)c(F)c1)nc1cccnc21. The van der Waals surface area contributed by atoms with Gasteiger partial charge in [-0.25, -0.2) is 13.8 Å². The van der Waals surface area contributed by atoms with Crippen molar-refractivity contribution in [2.75, 3.05) is 0 Å². The van der Waals surface area contributed by atoms with Crippen molar-refractivity contribution < 1.29 is 13.6 Å². The van der Waals surface area contributed by atoms with Gasteiger partial charge in [-0.05, 0) is 35.9 Å². The molecule has 0 radical (unpaired) electrons. The summed E-state index contributed by atoms with van der Waals surface area (Å²) in [5.74, 6) is -2.11. The van der Waals surface area contributed by atoms with Crippen molar-refractivity contribution in [2.24, 2.45) is 0 Å². The molecular formula is C21H10F2N2O. The lowest BCUT2D eigenvalue weighted by atomic mass is 9.99. The summed E-state index contributed by atoms with van der Waals surface area (Å²) in [5.41, 5.74) is 4.31. The Labute approximate surface area is 147 Å². The van der Waals surface area contributed by atoms with Crippen LogP contribution >= 0.6 is 0 Å². The number of fused-ring (bicyclic) bond motifs is 5. The number of nitrogens with zero attached hydrogens (tertiary/aromatic N) is 2. The van der Waals surface area contributed by atoms with E-state index in [1.54, 1.807) is 30.5 Å². The zero-order valence-electron chi connectivity index (χ0n) is 13.3. The Hall–Kier alpha value is -3.47. The molecule has 0 spiro atoms. The second kappa shape index (κ2) is 5.26. The van der Waals surface area contributed by atoms with Gasteiger partial charge >= 0.3 is 0 Å². The molecule has 1 aliphatic carbocycles. The second-order valence-corrected chi connectivity index (χ2v) is 6.09. The molecule has 0 saturated heterocycles. The lowest BCUT2D eigenvalue weighted by Crippen LogP contribution is -2.02. The highest BCUT2D eigenvalue weighted by Gasteiger charge is 2.33. The molecule has 5 heteroatoms. The van der Waals surface area contributed by atoms with E-state index in [-0.39, 0.29) is 5.78 Å². The van der Waals surface area contributed by atoms with E-state index in [0.717, 1.165) is 17.7 Å². The van der Waals surface area contributed by atoms with Crippen LogP contribution in [0.2, 0.25) is 0 Å². The number of pyridine rings is 2. The minimum absolute atomic E-state index is 0.185. The molecule has 0 unspecified atom stereocenters. The van der Waals surface area contributed by atoms with Crippen LogP contribution in [0.5, 0.6) is 0 Å². The molecule has 0 amide bonds. The fourth-order valence-corrected chi connectivity index (χ4v) is 3.46. The predicted octanol–water partition coefficient (Wildman–Crippen LogP) is 4.79. The van der Waals surface area contributed by atoms with Crippen LogP contribution in [-0.2, 0) is 0 Å². The van der Waals surface area contributed by atoms with Gasteiger partial charge in [-0.15, -0.1) is 0 Å². The maximum absolute atomic E-state index is 13.8.